The summed E-state index contributed by atoms with van der Waals surface area (Å²) >= 11 is 1.37. The van der Waals surface area contributed by atoms with Crippen LogP contribution >= 0.6 is 11.3 Å². The van der Waals surface area contributed by atoms with Crippen molar-refractivity contribution in [2.24, 2.45) is 5.92 Å². The number of rotatable bonds is 7. The van der Waals surface area contributed by atoms with E-state index in [0.717, 1.165) is 4.57 Å². The molecule has 0 fully saturated rings. The summed E-state index contributed by atoms with van der Waals surface area (Å²) in [5, 5.41) is 8.15. The first-order valence-electron chi connectivity index (χ1n) is 7.45. The van der Waals surface area contributed by atoms with Crippen molar-refractivity contribution in [1.82, 2.24) is 15.0 Å². The van der Waals surface area contributed by atoms with Gasteiger partial charge in [0.05, 0.1) is 12.0 Å². The number of nitrogens with zero attached hydrogens (tertiary/aromatic N) is 2. The molecule has 8 nitrogen and oxygen atoms in total. The monoisotopic (exact) mass is 353 g/mol. The molecule has 0 aliphatic rings. The summed E-state index contributed by atoms with van der Waals surface area (Å²) in [6, 6.07) is 2.81. The Labute approximate surface area is 142 Å². The van der Waals surface area contributed by atoms with Gasteiger partial charge in [-0.3, -0.25) is 9.32 Å². The molecule has 0 unspecified atom stereocenters. The summed E-state index contributed by atoms with van der Waals surface area (Å²) in [5.74, 6) is -1.56. The number of thiophene rings is 1. The normalized spacial score (nSPS) is 13.3. The Morgan fingerprint density at radius 3 is 2.83 bits per heavy atom. The van der Waals surface area contributed by atoms with Crippen molar-refractivity contribution in [3.05, 3.63) is 28.1 Å². The van der Waals surface area contributed by atoms with Gasteiger partial charge in [-0.1, -0.05) is 31.5 Å². The Kier molecular flexibility index (Phi) is 5.91. The molecule has 0 bridgehead atoms. The molecule has 9 heteroatoms. The maximum atomic E-state index is 12.3. The van der Waals surface area contributed by atoms with Crippen molar-refractivity contribution in [3.63, 3.8) is 0 Å². The fourth-order valence-electron chi connectivity index (χ4n) is 2.15. The first-order valence-corrected chi connectivity index (χ1v) is 8.33. The van der Waals surface area contributed by atoms with Gasteiger partial charge in [0.15, 0.2) is 5.82 Å². The second kappa shape index (κ2) is 7.91. The highest BCUT2D eigenvalue weighted by Crippen LogP contribution is 2.21. The molecule has 0 spiro atoms. The van der Waals surface area contributed by atoms with Crippen LogP contribution in [0, 0.1) is 5.92 Å². The van der Waals surface area contributed by atoms with Crippen LogP contribution < -0.4 is 11.1 Å². The number of hydrogen-bond acceptors (Lipinski definition) is 7. The highest BCUT2D eigenvalue weighted by molar-refractivity contribution is 7.13. The van der Waals surface area contributed by atoms with E-state index in [1.807, 2.05) is 19.2 Å². The minimum absolute atomic E-state index is 0.0997. The predicted molar refractivity (Wildman–Crippen MR) is 87.5 cm³/mol. The average Bonchev–Trinajstić information content (AvgIpc) is 3.22. The number of methoxy groups -OCH3 is 1. The summed E-state index contributed by atoms with van der Waals surface area (Å²) in [7, 11) is 1.27. The number of ether oxygens (including phenoxy) is 1. The van der Waals surface area contributed by atoms with E-state index in [0.29, 0.717) is 11.3 Å². The van der Waals surface area contributed by atoms with Gasteiger partial charge in [-0.25, -0.2) is 14.2 Å². The van der Waals surface area contributed by atoms with Gasteiger partial charge in [-0.15, -0.1) is 11.3 Å². The molecular formula is C15H19N3O5S. The molecule has 24 heavy (non-hydrogen) atoms. The third-order valence-corrected chi connectivity index (χ3v) is 4.58. The summed E-state index contributed by atoms with van der Waals surface area (Å²) in [5.41, 5.74) is 0. The van der Waals surface area contributed by atoms with Crippen LogP contribution in [0.4, 0.5) is 0 Å². The summed E-state index contributed by atoms with van der Waals surface area (Å²) < 4.78 is 10.5. The molecule has 2 rings (SSSR count). The van der Waals surface area contributed by atoms with Crippen molar-refractivity contribution in [1.29, 1.82) is 0 Å². The van der Waals surface area contributed by atoms with Gasteiger partial charge in [0.2, 0.25) is 5.91 Å². The Hall–Kier alpha value is -2.42. The van der Waals surface area contributed by atoms with Crippen LogP contribution in [-0.2, 0) is 20.9 Å². The molecule has 0 aromatic carbocycles. The van der Waals surface area contributed by atoms with Crippen LogP contribution in [0.3, 0.4) is 0 Å². The highest BCUT2D eigenvalue weighted by atomic mass is 32.1. The quantitative estimate of drug-likeness (QED) is 0.752. The summed E-state index contributed by atoms with van der Waals surface area (Å²) in [6.45, 7) is 3.45. The van der Waals surface area contributed by atoms with E-state index in [2.05, 4.69) is 15.0 Å². The average molecular weight is 353 g/mol. The zero-order valence-electron chi connectivity index (χ0n) is 13.6. The van der Waals surface area contributed by atoms with Crippen LogP contribution in [0.2, 0.25) is 0 Å². The topological polar surface area (TPSA) is 103 Å². The molecule has 0 aliphatic carbocycles. The van der Waals surface area contributed by atoms with Crippen molar-refractivity contribution in [2.45, 2.75) is 32.9 Å². The van der Waals surface area contributed by atoms with Crippen LogP contribution in [0.15, 0.2) is 26.8 Å². The van der Waals surface area contributed by atoms with Crippen molar-refractivity contribution < 1.29 is 18.8 Å². The van der Waals surface area contributed by atoms with E-state index in [-0.39, 0.29) is 18.3 Å². The molecule has 2 heterocycles. The lowest BCUT2D eigenvalue weighted by atomic mass is 9.99. The summed E-state index contributed by atoms with van der Waals surface area (Å²) in [6.07, 6.45) is 0.688. The first-order chi connectivity index (χ1) is 11.5. The molecule has 0 saturated carbocycles. The van der Waals surface area contributed by atoms with E-state index in [9.17, 15) is 14.4 Å². The molecule has 0 aliphatic heterocycles. The van der Waals surface area contributed by atoms with E-state index in [4.69, 9.17) is 4.74 Å². The van der Waals surface area contributed by atoms with E-state index in [1.165, 1.54) is 18.4 Å². The van der Waals surface area contributed by atoms with Gasteiger partial charge in [0, 0.05) is 0 Å². The Bertz CT molecular complexity index is 750. The van der Waals surface area contributed by atoms with Gasteiger partial charge in [0.25, 0.3) is 0 Å². The number of carbonyl (C=O) groups excluding carboxylic acids is 2. The van der Waals surface area contributed by atoms with Gasteiger partial charge < -0.3 is 10.1 Å². The third kappa shape index (κ3) is 3.91. The number of esters is 1. The first kappa shape index (κ1) is 17.9. The molecule has 2 atom stereocenters. The van der Waals surface area contributed by atoms with Crippen molar-refractivity contribution in [2.75, 3.05) is 7.11 Å². The van der Waals surface area contributed by atoms with E-state index < -0.39 is 23.7 Å². The lowest BCUT2D eigenvalue weighted by Crippen LogP contribution is -2.47. The van der Waals surface area contributed by atoms with E-state index >= 15 is 0 Å². The number of nitrogens with one attached hydrogen (secondary N) is 1. The maximum Gasteiger partial charge on any atom is 0.442 e. The Balaban J connectivity index is 2.16. The molecule has 2 aromatic rings. The number of hydrogen-bond donors (Lipinski definition) is 1. The molecule has 2 aromatic heterocycles. The highest BCUT2D eigenvalue weighted by Gasteiger charge is 2.27. The molecule has 130 valence electrons. The zero-order chi connectivity index (χ0) is 17.7. The summed E-state index contributed by atoms with van der Waals surface area (Å²) in [4.78, 5) is 36.6. The van der Waals surface area contributed by atoms with Gasteiger partial charge >= 0.3 is 11.7 Å². The third-order valence-electron chi connectivity index (χ3n) is 3.71. The number of aromatic nitrogens is 2. The van der Waals surface area contributed by atoms with Gasteiger partial charge in [-0.05, 0) is 17.4 Å². The van der Waals surface area contributed by atoms with Gasteiger partial charge in [-0.2, -0.15) is 0 Å². The second-order valence-corrected chi connectivity index (χ2v) is 6.24. The van der Waals surface area contributed by atoms with Crippen LogP contribution in [0.5, 0.6) is 0 Å². The lowest BCUT2D eigenvalue weighted by molar-refractivity contribution is -0.146. The van der Waals surface area contributed by atoms with Crippen LogP contribution in [-0.4, -0.2) is 34.8 Å². The fourth-order valence-corrected chi connectivity index (χ4v) is 2.86. The molecule has 0 saturated heterocycles. The zero-order valence-corrected chi connectivity index (χ0v) is 14.5. The largest absolute Gasteiger partial charge is 0.467 e. The lowest BCUT2D eigenvalue weighted by Gasteiger charge is -2.21. The molecule has 1 amide bonds. The smallest absolute Gasteiger partial charge is 0.442 e. The Morgan fingerprint density at radius 2 is 2.25 bits per heavy atom. The number of amides is 1. The molecule has 1 N–H and O–H groups in total. The maximum absolute atomic E-state index is 12.3. The number of carbonyl (C=O) groups is 2. The predicted octanol–water partition coefficient (Wildman–Crippen LogP) is 1.27. The van der Waals surface area contributed by atoms with Crippen LogP contribution in [0.1, 0.15) is 20.3 Å². The van der Waals surface area contributed by atoms with Crippen LogP contribution in [0.25, 0.3) is 10.7 Å². The molecule has 0 radical (unpaired) electrons. The van der Waals surface area contributed by atoms with Crippen molar-refractivity contribution >= 4 is 23.2 Å². The minimum atomic E-state index is -0.770. The molecular weight excluding hydrogens is 334 g/mol. The van der Waals surface area contributed by atoms with E-state index in [1.54, 1.807) is 12.1 Å². The SMILES string of the molecule is CC[C@@H](C)[C@H](NC(=O)Cn1c(-c2cccs2)noc1=O)C(=O)OC. The standard InChI is InChI=1S/C15H19N3O5S/c1-4-9(2)12(14(20)22-3)16-11(19)8-18-13(17-23-15(18)21)10-6-5-7-24-10/h5-7,9,12H,4,8H2,1-3H3,(H,16,19)/t9-,12+/m1/s1. The van der Waals surface area contributed by atoms with Crippen molar-refractivity contribution in [3.8, 4) is 10.7 Å². The minimum Gasteiger partial charge on any atom is -0.467 e. The fraction of sp³-hybridized carbons (Fsp3) is 0.467. The Morgan fingerprint density at radius 1 is 1.50 bits per heavy atom. The second-order valence-electron chi connectivity index (χ2n) is 5.29. The van der Waals surface area contributed by atoms with Gasteiger partial charge in [0.1, 0.15) is 12.6 Å².